The highest BCUT2D eigenvalue weighted by Crippen LogP contribution is 2.37. The molecule has 0 amide bonds. The van der Waals surface area contributed by atoms with E-state index in [9.17, 15) is 4.79 Å². The van der Waals surface area contributed by atoms with Gasteiger partial charge >= 0.3 is 5.97 Å². The lowest BCUT2D eigenvalue weighted by Crippen LogP contribution is -2.29. The summed E-state index contributed by atoms with van der Waals surface area (Å²) in [7, 11) is 1.39. The zero-order valence-electron chi connectivity index (χ0n) is 8.73. The summed E-state index contributed by atoms with van der Waals surface area (Å²) in [6, 6.07) is 7.91. The molecule has 1 N–H and O–H groups in total. The smallest absolute Gasteiger partial charge is 0.307 e. The Hall–Kier alpha value is -1.07. The third-order valence-electron chi connectivity index (χ3n) is 2.29. The van der Waals surface area contributed by atoms with Crippen LogP contribution in [0.25, 0.3) is 0 Å². The lowest BCUT2D eigenvalue weighted by molar-refractivity contribution is -0.140. The summed E-state index contributed by atoms with van der Waals surface area (Å²) < 4.78 is 4.65. The second-order valence-electron chi connectivity index (χ2n) is 3.37. The van der Waals surface area contributed by atoms with Crippen LogP contribution in [0.2, 0.25) is 0 Å². The molecule has 0 saturated carbocycles. The molecule has 2 rings (SSSR count). The molecule has 5 heteroatoms. The number of benzene rings is 1. The van der Waals surface area contributed by atoms with E-state index in [1.807, 2.05) is 24.3 Å². The first-order valence-corrected chi connectivity index (χ1v) is 6.13. The van der Waals surface area contributed by atoms with Crippen molar-refractivity contribution in [3.8, 4) is 0 Å². The second-order valence-corrected chi connectivity index (χ2v) is 5.06. The SMILES string of the molecule is COC(=O)C[C@@H]1Sc2ccccc2NC1=S. The Morgan fingerprint density at radius 3 is 3.06 bits per heavy atom. The number of thioether (sulfide) groups is 1. The maximum atomic E-state index is 11.2. The van der Waals surface area contributed by atoms with E-state index in [0.717, 1.165) is 10.6 Å². The number of carbonyl (C=O) groups excluding carboxylic acids is 1. The van der Waals surface area contributed by atoms with Gasteiger partial charge in [-0.2, -0.15) is 0 Å². The van der Waals surface area contributed by atoms with E-state index >= 15 is 0 Å². The quantitative estimate of drug-likeness (QED) is 0.647. The molecule has 0 spiro atoms. The van der Waals surface area contributed by atoms with Crippen molar-refractivity contribution in [2.24, 2.45) is 0 Å². The van der Waals surface area contributed by atoms with Gasteiger partial charge in [0.15, 0.2) is 0 Å². The van der Waals surface area contributed by atoms with Crippen molar-refractivity contribution in [3.05, 3.63) is 24.3 Å². The van der Waals surface area contributed by atoms with E-state index < -0.39 is 0 Å². The number of ether oxygens (including phenoxy) is 1. The van der Waals surface area contributed by atoms with Gasteiger partial charge in [0.25, 0.3) is 0 Å². The Morgan fingerprint density at radius 2 is 2.31 bits per heavy atom. The summed E-state index contributed by atoms with van der Waals surface area (Å²) in [4.78, 5) is 13.0. The summed E-state index contributed by atoms with van der Waals surface area (Å²) in [6.07, 6.45) is 0.307. The summed E-state index contributed by atoms with van der Waals surface area (Å²) in [5.41, 5.74) is 1.01. The van der Waals surface area contributed by atoms with Gasteiger partial charge < -0.3 is 10.1 Å². The van der Waals surface area contributed by atoms with Gasteiger partial charge in [0.1, 0.15) is 0 Å². The predicted molar refractivity (Wildman–Crippen MR) is 68.9 cm³/mol. The Balaban J connectivity index is 2.15. The maximum absolute atomic E-state index is 11.2. The lowest BCUT2D eigenvalue weighted by Gasteiger charge is -2.25. The van der Waals surface area contributed by atoms with Crippen LogP contribution in [0, 0.1) is 0 Å². The molecule has 1 aliphatic heterocycles. The number of anilines is 1. The van der Waals surface area contributed by atoms with Crippen molar-refractivity contribution < 1.29 is 9.53 Å². The van der Waals surface area contributed by atoms with Crippen molar-refractivity contribution in [1.82, 2.24) is 0 Å². The van der Waals surface area contributed by atoms with E-state index in [1.165, 1.54) is 7.11 Å². The van der Waals surface area contributed by atoms with Gasteiger partial charge in [-0.15, -0.1) is 11.8 Å². The number of hydrogen-bond donors (Lipinski definition) is 1. The zero-order chi connectivity index (χ0) is 11.5. The molecule has 1 aromatic rings. The van der Waals surface area contributed by atoms with Gasteiger partial charge in [-0.25, -0.2) is 0 Å². The fourth-order valence-electron chi connectivity index (χ4n) is 1.46. The highest BCUT2D eigenvalue weighted by molar-refractivity contribution is 8.02. The average molecular weight is 253 g/mol. The number of methoxy groups -OCH3 is 1. The lowest BCUT2D eigenvalue weighted by atomic mass is 10.2. The van der Waals surface area contributed by atoms with E-state index in [2.05, 4.69) is 10.1 Å². The van der Waals surface area contributed by atoms with Crippen molar-refractivity contribution in [1.29, 1.82) is 0 Å². The first-order valence-electron chi connectivity index (χ1n) is 4.84. The maximum Gasteiger partial charge on any atom is 0.307 e. The third kappa shape index (κ3) is 2.36. The summed E-state index contributed by atoms with van der Waals surface area (Å²) >= 11 is 6.83. The Labute approximate surface area is 104 Å². The largest absolute Gasteiger partial charge is 0.469 e. The number of esters is 1. The van der Waals surface area contributed by atoms with Crippen LogP contribution in [-0.2, 0) is 9.53 Å². The molecule has 1 atom stereocenters. The normalized spacial score (nSPS) is 18.6. The van der Waals surface area contributed by atoms with Crippen LogP contribution in [-0.4, -0.2) is 23.3 Å². The molecule has 16 heavy (non-hydrogen) atoms. The highest BCUT2D eigenvalue weighted by Gasteiger charge is 2.25. The van der Waals surface area contributed by atoms with Crippen LogP contribution in [0.5, 0.6) is 0 Å². The number of carbonyl (C=O) groups is 1. The third-order valence-corrected chi connectivity index (χ3v) is 4.12. The monoisotopic (exact) mass is 253 g/mol. The van der Waals surface area contributed by atoms with Crippen molar-refractivity contribution >= 4 is 40.6 Å². The fourth-order valence-corrected chi connectivity index (χ4v) is 2.89. The molecule has 0 fully saturated rings. The molecule has 0 bridgehead atoms. The fraction of sp³-hybridized carbons (Fsp3) is 0.273. The number of para-hydroxylation sites is 1. The number of hydrogen-bond acceptors (Lipinski definition) is 4. The minimum Gasteiger partial charge on any atom is -0.469 e. The van der Waals surface area contributed by atoms with Crippen LogP contribution in [0.3, 0.4) is 0 Å². The van der Waals surface area contributed by atoms with E-state index in [-0.39, 0.29) is 11.2 Å². The molecule has 0 saturated heterocycles. The van der Waals surface area contributed by atoms with Gasteiger partial charge in [-0.3, -0.25) is 4.79 Å². The molecule has 0 aromatic heterocycles. The summed E-state index contributed by atoms with van der Waals surface area (Å²) in [5.74, 6) is -0.235. The van der Waals surface area contributed by atoms with Crippen LogP contribution in [0.15, 0.2) is 29.2 Å². The number of fused-ring (bicyclic) bond motifs is 1. The molecular formula is C11H11NO2S2. The molecule has 0 unspecified atom stereocenters. The minimum absolute atomic E-state index is 0.0302. The number of nitrogens with one attached hydrogen (secondary N) is 1. The van der Waals surface area contributed by atoms with Crippen molar-refractivity contribution in [3.63, 3.8) is 0 Å². The van der Waals surface area contributed by atoms with Gasteiger partial charge in [0, 0.05) is 4.90 Å². The molecule has 84 valence electrons. The van der Waals surface area contributed by atoms with Gasteiger partial charge in [-0.1, -0.05) is 24.4 Å². The van der Waals surface area contributed by atoms with Crippen LogP contribution in [0.4, 0.5) is 5.69 Å². The molecule has 3 nitrogen and oxygen atoms in total. The Morgan fingerprint density at radius 1 is 1.56 bits per heavy atom. The zero-order valence-corrected chi connectivity index (χ0v) is 10.4. The van der Waals surface area contributed by atoms with E-state index in [0.29, 0.717) is 11.4 Å². The standard InChI is InChI=1S/C11H11NO2S2/c1-14-10(13)6-9-11(15)12-7-4-2-3-5-8(7)16-9/h2-5,9H,6H2,1H3,(H,12,15)/t9-/m0/s1. The number of rotatable bonds is 2. The topological polar surface area (TPSA) is 38.3 Å². The van der Waals surface area contributed by atoms with Crippen LogP contribution in [0.1, 0.15) is 6.42 Å². The average Bonchev–Trinajstić information content (AvgIpc) is 2.30. The molecule has 0 radical (unpaired) electrons. The highest BCUT2D eigenvalue weighted by atomic mass is 32.2. The predicted octanol–water partition coefficient (Wildman–Crippen LogP) is 2.46. The van der Waals surface area contributed by atoms with Crippen LogP contribution < -0.4 is 5.32 Å². The van der Waals surface area contributed by atoms with Gasteiger partial charge in [0.2, 0.25) is 0 Å². The van der Waals surface area contributed by atoms with Gasteiger partial charge in [-0.05, 0) is 12.1 Å². The van der Waals surface area contributed by atoms with Gasteiger partial charge in [0.05, 0.1) is 29.5 Å². The van der Waals surface area contributed by atoms with E-state index in [1.54, 1.807) is 11.8 Å². The number of thiocarbonyl (C=S) groups is 1. The van der Waals surface area contributed by atoms with Crippen LogP contribution >= 0.6 is 24.0 Å². The van der Waals surface area contributed by atoms with Crippen molar-refractivity contribution in [2.45, 2.75) is 16.6 Å². The first-order chi connectivity index (χ1) is 7.70. The summed E-state index contributed by atoms with van der Waals surface area (Å²) in [5, 5.41) is 3.11. The Kier molecular flexibility index (Phi) is 3.46. The molecule has 1 aromatic carbocycles. The van der Waals surface area contributed by atoms with E-state index in [4.69, 9.17) is 12.2 Å². The Bertz CT molecular complexity index is 434. The summed E-state index contributed by atoms with van der Waals surface area (Å²) in [6.45, 7) is 0. The molecular weight excluding hydrogens is 242 g/mol. The molecule has 0 aliphatic carbocycles. The molecule has 1 aliphatic rings. The first kappa shape index (κ1) is 11.4. The van der Waals surface area contributed by atoms with Crippen molar-refractivity contribution in [2.75, 3.05) is 12.4 Å². The second kappa shape index (κ2) is 4.84. The molecule has 1 heterocycles. The minimum atomic E-state index is -0.235.